The third-order valence-electron chi connectivity index (χ3n) is 5.63. The predicted octanol–water partition coefficient (Wildman–Crippen LogP) is 5.99. The zero-order chi connectivity index (χ0) is 28.3. The Bertz CT molecular complexity index is 1220. The smallest absolute Gasteiger partial charge is 0.418 e. The minimum atomic E-state index is -4.65. The van der Waals surface area contributed by atoms with Gasteiger partial charge in [0.15, 0.2) is 0 Å². The number of halogens is 4. The van der Waals surface area contributed by atoms with Crippen LogP contribution in [0, 0.1) is 5.82 Å². The number of carbonyl (C=O) groups is 2. The molecule has 0 spiro atoms. The summed E-state index contributed by atoms with van der Waals surface area (Å²) in [5.41, 5.74) is 0.212. The van der Waals surface area contributed by atoms with Crippen LogP contribution in [0.3, 0.4) is 0 Å². The van der Waals surface area contributed by atoms with E-state index in [2.05, 4.69) is 5.32 Å². The summed E-state index contributed by atoms with van der Waals surface area (Å²) in [6.45, 7) is 0.377. The van der Waals surface area contributed by atoms with Crippen LogP contribution < -0.4 is 10.1 Å². The van der Waals surface area contributed by atoms with Crippen molar-refractivity contribution in [2.24, 2.45) is 0 Å². The van der Waals surface area contributed by atoms with Gasteiger partial charge < -0.3 is 24.8 Å². The molecule has 0 saturated heterocycles. The van der Waals surface area contributed by atoms with E-state index in [9.17, 15) is 27.2 Å². The number of hydrogen-bond donors (Lipinski definition) is 2. The van der Waals surface area contributed by atoms with Crippen LogP contribution in [0.5, 0.6) is 5.75 Å². The lowest BCUT2D eigenvalue weighted by molar-refractivity contribution is -0.137. The number of ether oxygens (including phenoxy) is 2. The summed E-state index contributed by atoms with van der Waals surface area (Å²) in [6, 6.07) is 16.5. The highest BCUT2D eigenvalue weighted by Crippen LogP contribution is 2.34. The van der Waals surface area contributed by atoms with Gasteiger partial charge in [0.05, 0.1) is 31.0 Å². The number of urea groups is 1. The predicted molar refractivity (Wildman–Crippen MR) is 136 cm³/mol. The Morgan fingerprint density at radius 1 is 0.872 bits per heavy atom. The number of hydrogen-bond acceptors (Lipinski definition) is 4. The first-order valence-corrected chi connectivity index (χ1v) is 12.1. The van der Waals surface area contributed by atoms with E-state index < -0.39 is 23.7 Å². The normalized spacial score (nSPS) is 11.2. The molecule has 208 valence electrons. The number of carbonyl (C=O) groups excluding carboxylic acids is 1. The Balaban J connectivity index is 1.60. The summed E-state index contributed by atoms with van der Waals surface area (Å²) in [6.07, 6.45) is -4.27. The molecule has 2 N–H and O–H groups in total. The largest absolute Gasteiger partial charge is 0.492 e. The molecule has 0 unspecified atom stereocenters. The van der Waals surface area contributed by atoms with Crippen molar-refractivity contribution in [1.82, 2.24) is 4.90 Å². The summed E-state index contributed by atoms with van der Waals surface area (Å²) < 4.78 is 64.5. The summed E-state index contributed by atoms with van der Waals surface area (Å²) in [5.74, 6) is -0.784. The first-order chi connectivity index (χ1) is 18.6. The summed E-state index contributed by atoms with van der Waals surface area (Å²) >= 11 is 0. The van der Waals surface area contributed by atoms with Crippen molar-refractivity contribution < 1.29 is 41.7 Å². The number of carboxylic acid groups (broad SMARTS) is 1. The van der Waals surface area contributed by atoms with Crippen LogP contribution in [-0.2, 0) is 28.7 Å². The Labute approximate surface area is 223 Å². The molecule has 0 aliphatic heterocycles. The number of nitrogens with zero attached hydrogens (tertiary/aromatic N) is 1. The van der Waals surface area contributed by atoms with Crippen LogP contribution in [0.25, 0.3) is 0 Å². The second kappa shape index (κ2) is 14.1. The summed E-state index contributed by atoms with van der Waals surface area (Å²) in [5, 5.41) is 11.1. The third-order valence-corrected chi connectivity index (χ3v) is 5.63. The highest BCUT2D eigenvalue weighted by atomic mass is 19.4. The molecule has 3 aromatic rings. The lowest BCUT2D eigenvalue weighted by atomic mass is 10.1. The standard InChI is InChI=1S/C28H28F4N2O5/c29-22-10-5-21(6-11-22)19-38-17-15-34(27(37)33-25-4-2-1-3-24(25)28(30,31)32)16-18-39-23-12-7-20(8-13-23)9-14-26(35)36/h1-8,10-13H,9,14-19H2,(H,33,37)(H,35,36). The SMILES string of the molecule is O=C(O)CCc1ccc(OCCN(CCOCc2ccc(F)cc2)C(=O)Nc2ccccc2C(F)(F)F)cc1. The highest BCUT2D eigenvalue weighted by molar-refractivity contribution is 5.90. The van der Waals surface area contributed by atoms with Crippen LogP contribution in [-0.4, -0.2) is 48.3 Å². The third kappa shape index (κ3) is 9.93. The number of amides is 2. The monoisotopic (exact) mass is 548 g/mol. The number of aryl methyl sites for hydroxylation is 1. The van der Waals surface area contributed by atoms with E-state index in [0.717, 1.165) is 17.2 Å². The van der Waals surface area contributed by atoms with Gasteiger partial charge in [-0.2, -0.15) is 13.2 Å². The van der Waals surface area contributed by atoms with Crippen LogP contribution in [0.15, 0.2) is 72.8 Å². The zero-order valence-corrected chi connectivity index (χ0v) is 20.9. The van der Waals surface area contributed by atoms with Gasteiger partial charge in [-0.1, -0.05) is 36.4 Å². The van der Waals surface area contributed by atoms with Gasteiger partial charge in [0.25, 0.3) is 0 Å². The van der Waals surface area contributed by atoms with Crippen LogP contribution in [0.1, 0.15) is 23.1 Å². The molecule has 39 heavy (non-hydrogen) atoms. The van der Waals surface area contributed by atoms with Crippen molar-refractivity contribution in [2.45, 2.75) is 25.6 Å². The summed E-state index contributed by atoms with van der Waals surface area (Å²) in [7, 11) is 0. The Hall–Kier alpha value is -4.12. The average molecular weight is 549 g/mol. The molecule has 0 fully saturated rings. The fourth-order valence-electron chi connectivity index (χ4n) is 3.57. The molecule has 3 aromatic carbocycles. The number of alkyl halides is 3. The summed E-state index contributed by atoms with van der Waals surface area (Å²) in [4.78, 5) is 25.0. The average Bonchev–Trinajstić information content (AvgIpc) is 2.90. The molecule has 0 bridgehead atoms. The quantitative estimate of drug-likeness (QED) is 0.202. The van der Waals surface area contributed by atoms with Gasteiger partial charge in [-0.3, -0.25) is 4.79 Å². The van der Waals surface area contributed by atoms with Gasteiger partial charge in [0.2, 0.25) is 0 Å². The first kappa shape index (κ1) is 29.4. The molecule has 7 nitrogen and oxygen atoms in total. The van der Waals surface area contributed by atoms with Crippen molar-refractivity contribution in [1.29, 1.82) is 0 Å². The van der Waals surface area contributed by atoms with Gasteiger partial charge in [-0.05, 0) is 53.9 Å². The second-order valence-electron chi connectivity index (χ2n) is 8.53. The number of para-hydroxylation sites is 1. The fraction of sp³-hybridized carbons (Fsp3) is 0.286. The number of benzene rings is 3. The maximum absolute atomic E-state index is 13.4. The molecule has 11 heteroatoms. The van der Waals surface area contributed by atoms with E-state index in [4.69, 9.17) is 14.6 Å². The van der Waals surface area contributed by atoms with Crippen molar-refractivity contribution in [3.8, 4) is 5.75 Å². The molecule has 3 rings (SSSR count). The van der Waals surface area contributed by atoms with Gasteiger partial charge in [0.1, 0.15) is 18.2 Å². The van der Waals surface area contributed by atoms with Gasteiger partial charge in [-0.25, -0.2) is 9.18 Å². The first-order valence-electron chi connectivity index (χ1n) is 12.1. The van der Waals surface area contributed by atoms with Crippen molar-refractivity contribution >= 4 is 17.7 Å². The maximum Gasteiger partial charge on any atom is 0.418 e. The second-order valence-corrected chi connectivity index (χ2v) is 8.53. The van der Waals surface area contributed by atoms with Gasteiger partial charge in [0, 0.05) is 13.0 Å². The lowest BCUT2D eigenvalue weighted by Crippen LogP contribution is -2.40. The van der Waals surface area contributed by atoms with E-state index in [0.29, 0.717) is 12.2 Å². The molecule has 0 aromatic heterocycles. The molecular weight excluding hydrogens is 520 g/mol. The molecule has 0 aliphatic rings. The van der Waals surface area contributed by atoms with Crippen LogP contribution >= 0.6 is 0 Å². The molecule has 0 heterocycles. The van der Waals surface area contributed by atoms with Gasteiger partial charge >= 0.3 is 18.2 Å². The molecule has 2 amide bonds. The minimum Gasteiger partial charge on any atom is -0.492 e. The maximum atomic E-state index is 13.4. The van der Waals surface area contributed by atoms with E-state index in [1.54, 1.807) is 36.4 Å². The number of nitrogens with one attached hydrogen (secondary N) is 1. The number of carboxylic acids is 1. The Kier molecular flexibility index (Phi) is 10.7. The zero-order valence-electron chi connectivity index (χ0n) is 20.9. The molecule has 0 atom stereocenters. The molecule has 0 aliphatic carbocycles. The van der Waals surface area contributed by atoms with Crippen molar-refractivity contribution in [2.75, 3.05) is 31.6 Å². The van der Waals surface area contributed by atoms with Gasteiger partial charge in [-0.15, -0.1) is 0 Å². The van der Waals surface area contributed by atoms with E-state index in [1.807, 2.05) is 0 Å². The molecular formula is C28H28F4N2O5. The van der Waals surface area contributed by atoms with E-state index >= 15 is 0 Å². The van der Waals surface area contributed by atoms with E-state index in [-0.39, 0.29) is 50.8 Å². The molecule has 0 radical (unpaired) electrons. The number of rotatable bonds is 13. The fourth-order valence-corrected chi connectivity index (χ4v) is 3.57. The lowest BCUT2D eigenvalue weighted by Gasteiger charge is -2.24. The highest BCUT2D eigenvalue weighted by Gasteiger charge is 2.34. The Morgan fingerprint density at radius 3 is 2.18 bits per heavy atom. The minimum absolute atomic E-state index is 0.00493. The topological polar surface area (TPSA) is 88.1 Å². The number of anilines is 1. The van der Waals surface area contributed by atoms with Crippen molar-refractivity contribution in [3.05, 3.63) is 95.3 Å². The Morgan fingerprint density at radius 2 is 1.51 bits per heavy atom. The van der Waals surface area contributed by atoms with Crippen LogP contribution in [0.2, 0.25) is 0 Å². The van der Waals surface area contributed by atoms with E-state index in [1.165, 1.54) is 35.2 Å². The molecule has 0 saturated carbocycles. The number of aliphatic carboxylic acids is 1. The van der Waals surface area contributed by atoms with Crippen molar-refractivity contribution in [3.63, 3.8) is 0 Å². The van der Waals surface area contributed by atoms with Crippen LogP contribution in [0.4, 0.5) is 28.0 Å².